The summed E-state index contributed by atoms with van der Waals surface area (Å²) in [6.45, 7) is 5.61. The van der Waals surface area contributed by atoms with Gasteiger partial charge < -0.3 is 14.7 Å². The average molecular weight is 503 g/mol. The Balaban J connectivity index is 1.54. The molecular weight excluding hydrogens is 468 g/mol. The lowest BCUT2D eigenvalue weighted by molar-refractivity contribution is -0.136. The summed E-state index contributed by atoms with van der Waals surface area (Å²) in [6.07, 6.45) is 2.76. The Bertz CT molecular complexity index is 1140. The highest BCUT2D eigenvalue weighted by atomic mass is 32.2. The van der Waals surface area contributed by atoms with Crippen molar-refractivity contribution in [3.05, 3.63) is 107 Å². The van der Waals surface area contributed by atoms with E-state index in [9.17, 15) is 4.79 Å². The van der Waals surface area contributed by atoms with Gasteiger partial charge in [-0.05, 0) is 66.1 Å². The summed E-state index contributed by atoms with van der Waals surface area (Å²) in [5.74, 6) is -0.0133. The Morgan fingerprint density at radius 3 is 2.22 bits per heavy atom. The first-order valence-electron chi connectivity index (χ1n) is 12.1. The standard InChI is InChI=1S/C30H34N2O3S/c1-23(2)32(30(31-3)36-20-19-24-7-5-4-6-8-24)21-26-9-11-27(12-10-26)22-35-28-16-13-25(14-17-28)15-18-29(33)34/h4-14,16-17,19-20,23H,15,18,21-22H2,1-3H3,(H,33,34)/b20-19+,31-30?. The number of carboxylic acid groups (broad SMARTS) is 1. The molecule has 0 aliphatic carbocycles. The second-order valence-corrected chi connectivity index (χ2v) is 9.57. The Kier molecular flexibility index (Phi) is 10.6. The monoisotopic (exact) mass is 502 g/mol. The van der Waals surface area contributed by atoms with Gasteiger partial charge in [-0.2, -0.15) is 0 Å². The van der Waals surface area contributed by atoms with Gasteiger partial charge in [0.05, 0.1) is 0 Å². The van der Waals surface area contributed by atoms with E-state index in [0.29, 0.717) is 19.1 Å². The van der Waals surface area contributed by atoms with Crippen LogP contribution in [0.4, 0.5) is 0 Å². The van der Waals surface area contributed by atoms with Crippen molar-refractivity contribution in [1.29, 1.82) is 0 Å². The second-order valence-electron chi connectivity index (χ2n) is 8.70. The molecule has 3 rings (SSSR count). The zero-order valence-electron chi connectivity index (χ0n) is 21.1. The van der Waals surface area contributed by atoms with Gasteiger partial charge in [0.2, 0.25) is 0 Å². The number of amidine groups is 1. The molecular formula is C30H34N2O3S. The molecule has 5 nitrogen and oxygen atoms in total. The molecule has 0 aliphatic heterocycles. The quantitative estimate of drug-likeness (QED) is 0.229. The van der Waals surface area contributed by atoms with Crippen LogP contribution in [0, 0.1) is 0 Å². The maximum atomic E-state index is 10.7. The molecule has 0 atom stereocenters. The number of carbonyl (C=O) groups is 1. The molecule has 0 aliphatic rings. The summed E-state index contributed by atoms with van der Waals surface area (Å²) in [4.78, 5) is 17.6. The normalized spacial score (nSPS) is 11.7. The zero-order valence-corrected chi connectivity index (χ0v) is 21.9. The largest absolute Gasteiger partial charge is 0.489 e. The van der Waals surface area contributed by atoms with E-state index in [4.69, 9.17) is 9.84 Å². The molecule has 0 saturated heterocycles. The van der Waals surface area contributed by atoms with Gasteiger partial charge >= 0.3 is 5.97 Å². The predicted molar refractivity (Wildman–Crippen MR) is 150 cm³/mol. The van der Waals surface area contributed by atoms with E-state index >= 15 is 0 Å². The van der Waals surface area contributed by atoms with E-state index in [2.05, 4.69) is 71.6 Å². The van der Waals surface area contributed by atoms with E-state index in [1.807, 2.05) is 49.5 Å². The van der Waals surface area contributed by atoms with Crippen LogP contribution in [0.3, 0.4) is 0 Å². The van der Waals surface area contributed by atoms with Crippen molar-refractivity contribution in [3.8, 4) is 5.75 Å². The number of carboxylic acids is 1. The van der Waals surface area contributed by atoms with Crippen LogP contribution in [0.5, 0.6) is 5.75 Å². The zero-order chi connectivity index (χ0) is 25.8. The molecule has 3 aromatic rings. The number of benzene rings is 3. The number of rotatable bonds is 11. The molecule has 0 amide bonds. The molecule has 36 heavy (non-hydrogen) atoms. The van der Waals surface area contributed by atoms with Crippen LogP contribution in [0.1, 0.15) is 42.5 Å². The Labute approximate surface area is 218 Å². The third kappa shape index (κ3) is 8.93. The molecule has 0 bridgehead atoms. The van der Waals surface area contributed by atoms with E-state index in [-0.39, 0.29) is 6.42 Å². The van der Waals surface area contributed by atoms with Gasteiger partial charge in [-0.3, -0.25) is 9.79 Å². The third-order valence-corrected chi connectivity index (χ3v) is 6.53. The fourth-order valence-corrected chi connectivity index (χ4v) is 4.43. The number of aliphatic imine (C=N–C) groups is 1. The van der Waals surface area contributed by atoms with Crippen LogP contribution in [0.2, 0.25) is 0 Å². The first kappa shape index (κ1) is 27.1. The number of hydrogen-bond donors (Lipinski definition) is 1. The first-order valence-corrected chi connectivity index (χ1v) is 13.0. The minimum atomic E-state index is -0.785. The van der Waals surface area contributed by atoms with Gasteiger partial charge in [0.15, 0.2) is 5.17 Å². The summed E-state index contributed by atoms with van der Waals surface area (Å²) in [5, 5.41) is 11.9. The Hall–Kier alpha value is -3.51. The molecule has 0 heterocycles. The van der Waals surface area contributed by atoms with E-state index in [1.165, 1.54) is 11.1 Å². The van der Waals surface area contributed by atoms with Crippen molar-refractivity contribution >= 4 is 29.0 Å². The van der Waals surface area contributed by atoms with Crippen molar-refractivity contribution < 1.29 is 14.6 Å². The highest BCUT2D eigenvalue weighted by Crippen LogP contribution is 2.20. The summed E-state index contributed by atoms with van der Waals surface area (Å²) in [5.41, 5.74) is 4.47. The first-order chi connectivity index (χ1) is 17.4. The maximum absolute atomic E-state index is 10.7. The van der Waals surface area contributed by atoms with Gasteiger partial charge in [0, 0.05) is 26.1 Å². The van der Waals surface area contributed by atoms with Gasteiger partial charge in [-0.15, -0.1) is 0 Å². The van der Waals surface area contributed by atoms with Crippen LogP contribution >= 0.6 is 11.8 Å². The van der Waals surface area contributed by atoms with Crippen LogP contribution in [0.15, 0.2) is 89.3 Å². The van der Waals surface area contributed by atoms with E-state index < -0.39 is 5.97 Å². The smallest absolute Gasteiger partial charge is 0.303 e. The molecule has 0 spiro atoms. The van der Waals surface area contributed by atoms with Gasteiger partial charge in [0.25, 0.3) is 0 Å². The summed E-state index contributed by atoms with van der Waals surface area (Å²) >= 11 is 1.63. The van der Waals surface area contributed by atoms with Crippen molar-refractivity contribution in [1.82, 2.24) is 4.90 Å². The summed E-state index contributed by atoms with van der Waals surface area (Å²) in [7, 11) is 1.84. The van der Waals surface area contributed by atoms with Crippen molar-refractivity contribution in [2.45, 2.75) is 45.9 Å². The van der Waals surface area contributed by atoms with Crippen LogP contribution in [-0.2, 0) is 24.4 Å². The average Bonchev–Trinajstić information content (AvgIpc) is 2.89. The van der Waals surface area contributed by atoms with Gasteiger partial charge in [-0.1, -0.05) is 78.5 Å². The van der Waals surface area contributed by atoms with E-state index in [1.54, 1.807) is 11.8 Å². The Morgan fingerprint density at radius 2 is 1.61 bits per heavy atom. The number of hydrogen-bond acceptors (Lipinski definition) is 4. The van der Waals surface area contributed by atoms with E-state index in [0.717, 1.165) is 28.6 Å². The number of thioether (sulfide) groups is 1. The lowest BCUT2D eigenvalue weighted by atomic mass is 10.1. The molecule has 1 N–H and O–H groups in total. The van der Waals surface area contributed by atoms with Crippen LogP contribution in [0.25, 0.3) is 6.08 Å². The maximum Gasteiger partial charge on any atom is 0.303 e. The third-order valence-electron chi connectivity index (χ3n) is 5.63. The summed E-state index contributed by atoms with van der Waals surface area (Å²) in [6, 6.07) is 26.7. The van der Waals surface area contributed by atoms with Crippen LogP contribution < -0.4 is 4.74 Å². The molecule has 0 radical (unpaired) electrons. The number of aliphatic carboxylic acids is 1. The lowest BCUT2D eigenvalue weighted by Crippen LogP contribution is -2.34. The molecule has 3 aromatic carbocycles. The van der Waals surface area contributed by atoms with Crippen molar-refractivity contribution in [3.63, 3.8) is 0 Å². The second kappa shape index (κ2) is 14.1. The molecule has 0 aromatic heterocycles. The fraction of sp³-hybridized carbons (Fsp3) is 0.267. The van der Waals surface area contributed by atoms with Crippen molar-refractivity contribution in [2.75, 3.05) is 7.05 Å². The molecule has 0 saturated carbocycles. The predicted octanol–water partition coefficient (Wildman–Crippen LogP) is 6.88. The topological polar surface area (TPSA) is 62.1 Å². The highest BCUT2D eigenvalue weighted by Gasteiger charge is 2.15. The van der Waals surface area contributed by atoms with Gasteiger partial charge in [0.1, 0.15) is 12.4 Å². The lowest BCUT2D eigenvalue weighted by Gasteiger charge is -2.29. The minimum absolute atomic E-state index is 0.134. The molecule has 0 fully saturated rings. The molecule has 0 unspecified atom stereocenters. The van der Waals surface area contributed by atoms with Crippen LogP contribution in [-0.4, -0.2) is 34.2 Å². The molecule has 6 heteroatoms. The Morgan fingerprint density at radius 1 is 0.972 bits per heavy atom. The highest BCUT2D eigenvalue weighted by molar-refractivity contribution is 8.16. The van der Waals surface area contributed by atoms with Gasteiger partial charge in [-0.25, -0.2) is 0 Å². The summed E-state index contributed by atoms with van der Waals surface area (Å²) < 4.78 is 5.91. The minimum Gasteiger partial charge on any atom is -0.489 e. The molecule has 188 valence electrons. The van der Waals surface area contributed by atoms with Crippen molar-refractivity contribution in [2.24, 2.45) is 4.99 Å². The number of nitrogens with zero attached hydrogens (tertiary/aromatic N) is 2. The number of aryl methyl sites for hydroxylation is 1. The number of ether oxygens (including phenoxy) is 1. The SMILES string of the molecule is CN=C(S/C=C/c1ccccc1)N(Cc1ccc(COc2ccc(CCC(=O)O)cc2)cc1)C(C)C. The fourth-order valence-electron chi connectivity index (χ4n) is 3.57.